The van der Waals surface area contributed by atoms with Gasteiger partial charge < -0.3 is 20.3 Å². The van der Waals surface area contributed by atoms with Gasteiger partial charge in [0, 0.05) is 63.7 Å². The third-order valence-corrected chi connectivity index (χ3v) is 6.85. The van der Waals surface area contributed by atoms with E-state index in [1.807, 2.05) is 4.90 Å². The Balaban J connectivity index is 0.00000341. The Morgan fingerprint density at radius 2 is 2.03 bits per heavy atom. The fourth-order valence-electron chi connectivity index (χ4n) is 4.19. The monoisotopic (exact) mass is 563 g/mol. The summed E-state index contributed by atoms with van der Waals surface area (Å²) in [7, 11) is 1.78. The maximum Gasteiger partial charge on any atom is 0.224 e. The summed E-state index contributed by atoms with van der Waals surface area (Å²) in [5, 5.41) is 8.91. The van der Waals surface area contributed by atoms with Crippen LogP contribution in [0.2, 0.25) is 0 Å². The molecule has 31 heavy (non-hydrogen) atoms. The number of nitrogens with one attached hydrogen (secondary N) is 2. The van der Waals surface area contributed by atoms with Gasteiger partial charge in [0.25, 0.3) is 0 Å². The number of carbonyl (C=O) groups is 1. The summed E-state index contributed by atoms with van der Waals surface area (Å²) in [6.07, 6.45) is 2.61. The van der Waals surface area contributed by atoms with Crippen LogP contribution in [0.3, 0.4) is 0 Å². The molecule has 0 bridgehead atoms. The maximum atomic E-state index is 12.6. The molecule has 1 aromatic rings. The molecule has 1 amide bonds. The minimum Gasteiger partial charge on any atom is -0.379 e. The number of hydrogen-bond acceptors (Lipinski definition) is 5. The third-order valence-electron chi connectivity index (χ3n) is 5.83. The van der Waals surface area contributed by atoms with Gasteiger partial charge in [-0.05, 0) is 35.8 Å². The Labute approximate surface area is 208 Å². The van der Waals surface area contributed by atoms with Crippen molar-refractivity contribution in [2.45, 2.75) is 45.7 Å². The van der Waals surface area contributed by atoms with E-state index < -0.39 is 0 Å². The first-order valence-electron chi connectivity index (χ1n) is 11.2. The number of halogens is 1. The summed E-state index contributed by atoms with van der Waals surface area (Å²) >= 11 is 1.80. The molecule has 3 heterocycles. The molecule has 1 fully saturated rings. The molecule has 0 radical (unpaired) electrons. The second-order valence-corrected chi connectivity index (χ2v) is 9.50. The largest absolute Gasteiger partial charge is 0.379 e. The first-order chi connectivity index (χ1) is 14.6. The summed E-state index contributed by atoms with van der Waals surface area (Å²) in [6, 6.07) is 2.60. The highest BCUT2D eigenvalue weighted by molar-refractivity contribution is 14.0. The van der Waals surface area contributed by atoms with Crippen molar-refractivity contribution in [3.63, 3.8) is 0 Å². The summed E-state index contributed by atoms with van der Waals surface area (Å²) in [5.74, 6) is 1.62. The second kappa shape index (κ2) is 13.6. The lowest BCUT2D eigenvalue weighted by Crippen LogP contribution is -2.51. The first kappa shape index (κ1) is 26.3. The van der Waals surface area contributed by atoms with Crippen LogP contribution >= 0.6 is 35.3 Å². The van der Waals surface area contributed by atoms with E-state index in [-0.39, 0.29) is 29.9 Å². The molecule has 1 saturated heterocycles. The van der Waals surface area contributed by atoms with Crippen LogP contribution < -0.4 is 10.6 Å². The molecule has 0 saturated carbocycles. The number of nitrogens with zero attached hydrogens (tertiary/aromatic N) is 3. The van der Waals surface area contributed by atoms with Crippen molar-refractivity contribution in [3.8, 4) is 0 Å². The van der Waals surface area contributed by atoms with Gasteiger partial charge in [-0.2, -0.15) is 0 Å². The van der Waals surface area contributed by atoms with Crippen LogP contribution in [0.25, 0.3) is 0 Å². The van der Waals surface area contributed by atoms with E-state index in [1.165, 1.54) is 10.4 Å². The van der Waals surface area contributed by atoms with E-state index in [0.717, 1.165) is 64.7 Å². The maximum absolute atomic E-state index is 12.6. The average molecular weight is 564 g/mol. The minimum absolute atomic E-state index is 0. The number of fused-ring (bicyclic) bond motifs is 1. The van der Waals surface area contributed by atoms with Crippen molar-refractivity contribution >= 4 is 47.2 Å². The zero-order chi connectivity index (χ0) is 21.3. The Morgan fingerprint density at radius 1 is 1.26 bits per heavy atom. The minimum atomic E-state index is 0. The van der Waals surface area contributed by atoms with E-state index in [4.69, 9.17) is 4.74 Å². The molecule has 176 valence electrons. The van der Waals surface area contributed by atoms with Crippen molar-refractivity contribution in [1.82, 2.24) is 20.4 Å². The highest BCUT2D eigenvalue weighted by Crippen LogP contribution is 2.24. The van der Waals surface area contributed by atoms with E-state index in [9.17, 15) is 4.79 Å². The molecule has 3 rings (SSSR count). The molecule has 0 aromatic carbocycles. The van der Waals surface area contributed by atoms with E-state index in [1.54, 1.807) is 18.4 Å². The average Bonchev–Trinajstić information content (AvgIpc) is 3.23. The van der Waals surface area contributed by atoms with Crippen LogP contribution in [0.1, 0.15) is 37.1 Å². The molecule has 2 aliphatic rings. The number of aliphatic imine (C=N–C) groups is 1. The number of hydrogen-bond donors (Lipinski definition) is 2. The summed E-state index contributed by atoms with van der Waals surface area (Å²) in [6.45, 7) is 11.2. The van der Waals surface area contributed by atoms with Gasteiger partial charge in [0.1, 0.15) is 0 Å². The van der Waals surface area contributed by atoms with Gasteiger partial charge in [-0.1, -0.05) is 13.8 Å². The van der Waals surface area contributed by atoms with Crippen molar-refractivity contribution in [2.24, 2.45) is 10.9 Å². The molecule has 0 aliphatic carbocycles. The predicted molar refractivity (Wildman–Crippen MR) is 138 cm³/mol. The number of rotatable bonds is 8. The highest BCUT2D eigenvalue weighted by atomic mass is 127. The normalized spacial score (nSPS) is 18.3. The molecular formula is C22H38IN5O2S. The number of carbonyl (C=O) groups excluding carboxylic acids is 1. The Morgan fingerprint density at radius 3 is 2.74 bits per heavy atom. The Bertz CT molecular complexity index is 706. The zero-order valence-electron chi connectivity index (χ0n) is 19.1. The van der Waals surface area contributed by atoms with Gasteiger partial charge in [0.2, 0.25) is 5.91 Å². The smallest absolute Gasteiger partial charge is 0.224 e. The van der Waals surface area contributed by atoms with E-state index in [2.05, 4.69) is 45.8 Å². The molecule has 1 unspecified atom stereocenters. The lowest BCUT2D eigenvalue weighted by Gasteiger charge is -2.35. The summed E-state index contributed by atoms with van der Waals surface area (Å²) in [4.78, 5) is 22.9. The van der Waals surface area contributed by atoms with Crippen molar-refractivity contribution in [1.29, 1.82) is 0 Å². The lowest BCUT2D eigenvalue weighted by molar-refractivity contribution is -0.131. The molecule has 7 nitrogen and oxygen atoms in total. The Kier molecular flexibility index (Phi) is 11.6. The van der Waals surface area contributed by atoms with Crippen LogP contribution in [0, 0.1) is 5.92 Å². The van der Waals surface area contributed by atoms with Gasteiger partial charge in [0.05, 0.1) is 13.2 Å². The van der Waals surface area contributed by atoms with Gasteiger partial charge >= 0.3 is 0 Å². The fraction of sp³-hybridized carbons (Fsp3) is 0.727. The zero-order valence-corrected chi connectivity index (χ0v) is 22.2. The Hall–Kier alpha value is -0.910. The summed E-state index contributed by atoms with van der Waals surface area (Å²) < 4.78 is 5.51. The molecule has 9 heteroatoms. The number of guanidine groups is 1. The predicted octanol–water partition coefficient (Wildman–Crippen LogP) is 2.55. The SMILES string of the molecule is CN=C(NCCC(=O)N1CCc2sccc2C1)NCC(CC(C)C)N1CCOCC1.I. The van der Waals surface area contributed by atoms with Crippen molar-refractivity contribution in [2.75, 3.05) is 53.0 Å². The molecule has 2 aliphatic heterocycles. The lowest BCUT2D eigenvalue weighted by atomic mass is 10.0. The van der Waals surface area contributed by atoms with Gasteiger partial charge in [-0.25, -0.2) is 0 Å². The van der Waals surface area contributed by atoms with E-state index in [0.29, 0.717) is 24.9 Å². The standard InChI is InChI=1S/C22H37N5O2S.HI/c1-17(2)14-19(26-9-11-29-12-10-26)15-25-22(23-3)24-7-4-21(28)27-8-5-20-18(16-27)6-13-30-20;/h6,13,17,19H,4-5,7-12,14-16H2,1-3H3,(H2,23,24,25);1H. The molecule has 2 N–H and O–H groups in total. The number of thiophene rings is 1. The first-order valence-corrected chi connectivity index (χ1v) is 12.0. The van der Waals surface area contributed by atoms with Gasteiger partial charge in [-0.15, -0.1) is 35.3 Å². The van der Waals surface area contributed by atoms with Crippen LogP contribution in [0.15, 0.2) is 16.4 Å². The molecule has 0 spiro atoms. The highest BCUT2D eigenvalue weighted by Gasteiger charge is 2.23. The summed E-state index contributed by atoms with van der Waals surface area (Å²) in [5.41, 5.74) is 1.31. The van der Waals surface area contributed by atoms with Crippen LogP contribution in [-0.2, 0) is 22.5 Å². The van der Waals surface area contributed by atoms with Crippen molar-refractivity contribution < 1.29 is 9.53 Å². The van der Waals surface area contributed by atoms with Crippen LogP contribution in [0.5, 0.6) is 0 Å². The molecule has 1 aromatic heterocycles. The number of amides is 1. The van der Waals surface area contributed by atoms with Gasteiger partial charge in [0.15, 0.2) is 5.96 Å². The van der Waals surface area contributed by atoms with Crippen molar-refractivity contribution in [3.05, 3.63) is 21.9 Å². The quantitative estimate of drug-likeness (QED) is 0.289. The number of morpholine rings is 1. The molecular weight excluding hydrogens is 525 g/mol. The topological polar surface area (TPSA) is 69.2 Å². The van der Waals surface area contributed by atoms with Crippen LogP contribution in [-0.4, -0.2) is 80.7 Å². The van der Waals surface area contributed by atoms with E-state index >= 15 is 0 Å². The fourth-order valence-corrected chi connectivity index (χ4v) is 5.08. The third kappa shape index (κ3) is 8.18. The number of ether oxygens (including phenoxy) is 1. The van der Waals surface area contributed by atoms with Crippen LogP contribution in [0.4, 0.5) is 0 Å². The second-order valence-electron chi connectivity index (χ2n) is 8.50. The molecule has 1 atom stereocenters. The van der Waals surface area contributed by atoms with Gasteiger partial charge in [-0.3, -0.25) is 14.7 Å².